The van der Waals surface area contributed by atoms with Gasteiger partial charge in [0, 0.05) is 12.0 Å². The van der Waals surface area contributed by atoms with E-state index < -0.39 is 0 Å². The third kappa shape index (κ3) is 4.66. The van der Waals surface area contributed by atoms with Crippen molar-refractivity contribution in [2.75, 3.05) is 6.54 Å². The van der Waals surface area contributed by atoms with Crippen molar-refractivity contribution in [3.05, 3.63) is 0 Å². The number of hydrogen-bond acceptors (Lipinski definition) is 3. The van der Waals surface area contributed by atoms with Crippen LogP contribution in [0.4, 0.5) is 0 Å². The topological polar surface area (TPSA) is 84.2 Å². The van der Waals surface area contributed by atoms with E-state index in [1.54, 1.807) is 0 Å². The normalized spacial score (nSPS) is 31.1. The van der Waals surface area contributed by atoms with E-state index in [0.717, 1.165) is 51.5 Å². The Kier molecular flexibility index (Phi) is 6.58. The van der Waals surface area contributed by atoms with Crippen molar-refractivity contribution in [3.63, 3.8) is 0 Å². The van der Waals surface area contributed by atoms with Crippen LogP contribution in [0.1, 0.15) is 44.9 Å². The number of carbonyl (C=O) groups excluding carboxylic acids is 2. The number of piperidine rings is 1. The second-order valence-electron chi connectivity index (χ2n) is 5.46. The minimum absolute atomic E-state index is 0. The number of primary amides is 1. The van der Waals surface area contributed by atoms with Crippen LogP contribution in [0.25, 0.3) is 0 Å². The van der Waals surface area contributed by atoms with Crippen molar-refractivity contribution >= 4 is 24.2 Å². The van der Waals surface area contributed by atoms with Crippen molar-refractivity contribution < 1.29 is 9.59 Å². The highest BCUT2D eigenvalue weighted by Crippen LogP contribution is 2.24. The van der Waals surface area contributed by atoms with Gasteiger partial charge in [0.1, 0.15) is 0 Å². The summed E-state index contributed by atoms with van der Waals surface area (Å²) in [7, 11) is 0. The van der Waals surface area contributed by atoms with Crippen LogP contribution in [-0.2, 0) is 9.59 Å². The average Bonchev–Trinajstić information content (AvgIpc) is 2.40. The molecule has 4 N–H and O–H groups in total. The lowest BCUT2D eigenvalue weighted by molar-refractivity contribution is -0.125. The number of carbonyl (C=O) groups is 2. The molecular weight excluding hydrogens is 266 g/mol. The van der Waals surface area contributed by atoms with Crippen LogP contribution in [0.2, 0.25) is 0 Å². The molecule has 1 atom stereocenters. The quantitative estimate of drug-likeness (QED) is 0.715. The zero-order valence-corrected chi connectivity index (χ0v) is 12.0. The van der Waals surface area contributed by atoms with Crippen molar-refractivity contribution in [2.45, 2.75) is 57.0 Å². The first-order chi connectivity index (χ1) is 8.66. The molecule has 1 aliphatic heterocycles. The molecule has 1 unspecified atom stereocenters. The first-order valence-corrected chi connectivity index (χ1v) is 7.00. The molecule has 1 heterocycles. The van der Waals surface area contributed by atoms with Gasteiger partial charge in [0.2, 0.25) is 11.8 Å². The molecule has 0 aromatic heterocycles. The van der Waals surface area contributed by atoms with Gasteiger partial charge in [0.05, 0.1) is 6.04 Å². The van der Waals surface area contributed by atoms with Crippen LogP contribution in [-0.4, -0.2) is 30.4 Å². The van der Waals surface area contributed by atoms with Gasteiger partial charge in [-0.3, -0.25) is 9.59 Å². The van der Waals surface area contributed by atoms with E-state index in [2.05, 4.69) is 10.6 Å². The Labute approximate surface area is 120 Å². The van der Waals surface area contributed by atoms with E-state index in [4.69, 9.17) is 5.73 Å². The van der Waals surface area contributed by atoms with Gasteiger partial charge in [-0.2, -0.15) is 0 Å². The van der Waals surface area contributed by atoms with E-state index in [0.29, 0.717) is 0 Å². The smallest absolute Gasteiger partial charge is 0.237 e. The fourth-order valence-corrected chi connectivity index (χ4v) is 2.90. The molecule has 6 heteroatoms. The first-order valence-electron chi connectivity index (χ1n) is 7.00. The van der Waals surface area contributed by atoms with Gasteiger partial charge in [-0.25, -0.2) is 0 Å². The van der Waals surface area contributed by atoms with Gasteiger partial charge in [-0.15, -0.1) is 12.4 Å². The van der Waals surface area contributed by atoms with Crippen LogP contribution in [0, 0.1) is 5.92 Å². The molecule has 110 valence electrons. The summed E-state index contributed by atoms with van der Waals surface area (Å²) in [6.45, 7) is 0.937. The Bertz CT molecular complexity index is 311. The molecule has 2 amide bonds. The van der Waals surface area contributed by atoms with E-state index in [1.807, 2.05) is 0 Å². The van der Waals surface area contributed by atoms with Crippen molar-refractivity contribution in [1.29, 1.82) is 0 Å². The van der Waals surface area contributed by atoms with Crippen LogP contribution in [0.3, 0.4) is 0 Å². The maximum atomic E-state index is 12.0. The molecule has 0 aromatic carbocycles. The third-order valence-electron chi connectivity index (χ3n) is 4.10. The lowest BCUT2D eigenvalue weighted by Gasteiger charge is -2.30. The highest BCUT2D eigenvalue weighted by atomic mass is 35.5. The number of hydrogen-bond donors (Lipinski definition) is 3. The highest BCUT2D eigenvalue weighted by Gasteiger charge is 2.28. The summed E-state index contributed by atoms with van der Waals surface area (Å²) >= 11 is 0. The molecule has 0 aromatic rings. The molecule has 2 fully saturated rings. The van der Waals surface area contributed by atoms with Gasteiger partial charge in [0.25, 0.3) is 0 Å². The Balaban J connectivity index is 0.00000180. The largest absolute Gasteiger partial charge is 0.369 e. The van der Waals surface area contributed by atoms with Gasteiger partial charge >= 0.3 is 0 Å². The third-order valence-corrected chi connectivity index (χ3v) is 4.10. The van der Waals surface area contributed by atoms with Crippen LogP contribution in [0.15, 0.2) is 0 Å². The average molecular weight is 290 g/mol. The highest BCUT2D eigenvalue weighted by molar-refractivity contribution is 5.85. The van der Waals surface area contributed by atoms with Crippen molar-refractivity contribution in [1.82, 2.24) is 10.6 Å². The molecule has 5 nitrogen and oxygen atoms in total. The zero-order chi connectivity index (χ0) is 13.0. The molecule has 2 aliphatic rings. The van der Waals surface area contributed by atoms with Crippen LogP contribution < -0.4 is 16.4 Å². The lowest BCUT2D eigenvalue weighted by Crippen LogP contribution is -2.50. The zero-order valence-electron chi connectivity index (χ0n) is 11.2. The molecule has 0 bridgehead atoms. The fourth-order valence-electron chi connectivity index (χ4n) is 2.90. The predicted octanol–water partition coefficient (Wildman–Crippen LogP) is 0.711. The Morgan fingerprint density at radius 2 is 1.74 bits per heavy atom. The van der Waals surface area contributed by atoms with E-state index >= 15 is 0 Å². The van der Waals surface area contributed by atoms with E-state index in [9.17, 15) is 9.59 Å². The molecule has 1 saturated carbocycles. The minimum atomic E-state index is -0.200. The molecular formula is C13H24ClN3O2. The summed E-state index contributed by atoms with van der Waals surface area (Å²) in [6.07, 6.45) is 6.56. The number of rotatable bonds is 3. The number of nitrogens with one attached hydrogen (secondary N) is 2. The molecule has 0 spiro atoms. The van der Waals surface area contributed by atoms with Gasteiger partial charge < -0.3 is 16.4 Å². The molecule has 19 heavy (non-hydrogen) atoms. The van der Waals surface area contributed by atoms with Gasteiger partial charge in [-0.05, 0) is 45.1 Å². The Morgan fingerprint density at radius 1 is 1.05 bits per heavy atom. The number of halogens is 1. The maximum Gasteiger partial charge on any atom is 0.237 e. The molecule has 0 radical (unpaired) electrons. The predicted molar refractivity (Wildman–Crippen MR) is 76.0 cm³/mol. The Morgan fingerprint density at radius 3 is 2.26 bits per heavy atom. The van der Waals surface area contributed by atoms with E-state index in [-0.39, 0.29) is 42.2 Å². The number of amides is 2. The van der Waals surface area contributed by atoms with Gasteiger partial charge in [-0.1, -0.05) is 6.42 Å². The van der Waals surface area contributed by atoms with Gasteiger partial charge in [0.15, 0.2) is 0 Å². The fraction of sp³-hybridized carbons (Fsp3) is 0.846. The minimum Gasteiger partial charge on any atom is -0.369 e. The SMILES string of the molecule is Cl.NC(=O)C1CCC(NC(=O)C2CCCCN2)CC1. The summed E-state index contributed by atoms with van der Waals surface area (Å²) in [6, 6.07) is 0.199. The second-order valence-corrected chi connectivity index (χ2v) is 5.46. The Hall–Kier alpha value is -0.810. The molecule has 2 rings (SSSR count). The molecule has 1 saturated heterocycles. The summed E-state index contributed by atoms with van der Waals surface area (Å²) in [5.74, 6) is -0.0723. The van der Waals surface area contributed by atoms with E-state index in [1.165, 1.54) is 0 Å². The van der Waals surface area contributed by atoms with Crippen molar-refractivity contribution in [3.8, 4) is 0 Å². The summed E-state index contributed by atoms with van der Waals surface area (Å²) in [5, 5.41) is 6.34. The van der Waals surface area contributed by atoms with Crippen molar-refractivity contribution in [2.24, 2.45) is 11.7 Å². The standard InChI is InChI=1S/C13H23N3O2.ClH/c14-12(17)9-4-6-10(7-5-9)16-13(18)11-3-1-2-8-15-11;/h9-11,15H,1-8H2,(H2,14,17)(H,16,18);1H. The van der Waals surface area contributed by atoms with Crippen LogP contribution >= 0.6 is 12.4 Å². The summed E-state index contributed by atoms with van der Waals surface area (Å²) in [5.41, 5.74) is 5.29. The van der Waals surface area contributed by atoms with Crippen LogP contribution in [0.5, 0.6) is 0 Å². The number of nitrogens with two attached hydrogens (primary N) is 1. The lowest BCUT2D eigenvalue weighted by atomic mass is 9.85. The summed E-state index contributed by atoms with van der Waals surface area (Å²) < 4.78 is 0. The monoisotopic (exact) mass is 289 g/mol. The first kappa shape index (κ1) is 16.2. The summed E-state index contributed by atoms with van der Waals surface area (Å²) in [4.78, 5) is 23.1. The second kappa shape index (κ2) is 7.70. The maximum absolute atomic E-state index is 12.0. The molecule has 1 aliphatic carbocycles.